The fourth-order valence-electron chi connectivity index (χ4n) is 5.56. The molecule has 0 fully saturated rings. The lowest BCUT2D eigenvalue weighted by molar-refractivity contribution is -0.130. The first-order valence-electron chi connectivity index (χ1n) is 15.3. The van der Waals surface area contributed by atoms with Crippen LogP contribution in [0.3, 0.4) is 0 Å². The molecule has 1 amide bonds. The van der Waals surface area contributed by atoms with Crippen LogP contribution in [0.4, 0.5) is 22.0 Å². The number of alkyl halides is 3. The summed E-state index contributed by atoms with van der Waals surface area (Å²) in [4.78, 5) is 13.6. The summed E-state index contributed by atoms with van der Waals surface area (Å²) in [5, 5.41) is 17.3. The van der Waals surface area contributed by atoms with Crippen LogP contribution < -0.4 is 15.4 Å². The highest BCUT2D eigenvalue weighted by Gasteiger charge is 2.37. The molecule has 2 aromatic rings. The van der Waals surface area contributed by atoms with Gasteiger partial charge >= 0.3 is 6.18 Å². The topological polar surface area (TPSA) is 117 Å². The first-order chi connectivity index (χ1) is 22.6. The molecule has 3 N–H and O–H groups in total. The van der Waals surface area contributed by atoms with Crippen molar-refractivity contribution in [2.45, 2.75) is 68.6 Å². The van der Waals surface area contributed by atoms with E-state index in [-0.39, 0.29) is 43.5 Å². The zero-order valence-electron chi connectivity index (χ0n) is 26.8. The third-order valence-corrected chi connectivity index (χ3v) is 9.94. The number of carbonyl (C=O) groups is 1. The van der Waals surface area contributed by atoms with Crippen LogP contribution in [0, 0.1) is 11.6 Å². The lowest BCUT2D eigenvalue weighted by Crippen LogP contribution is -2.55. The minimum Gasteiger partial charge on any atom is -0.497 e. The van der Waals surface area contributed by atoms with Crippen molar-refractivity contribution in [2.75, 3.05) is 33.1 Å². The molecular formula is C33H42F5N3O6S. The number of halogens is 5. The smallest absolute Gasteiger partial charge is 0.390 e. The minimum absolute atomic E-state index is 0.0967. The van der Waals surface area contributed by atoms with Gasteiger partial charge in [0.1, 0.15) is 23.4 Å². The van der Waals surface area contributed by atoms with E-state index in [1.807, 2.05) is 12.1 Å². The molecular weight excluding hydrogens is 661 g/mol. The highest BCUT2D eigenvalue weighted by atomic mass is 32.2. The number of carbonyl (C=O) groups excluding carboxylic acids is 1. The maximum Gasteiger partial charge on any atom is 0.390 e. The van der Waals surface area contributed by atoms with E-state index in [4.69, 9.17) is 9.47 Å². The molecule has 9 nitrogen and oxygen atoms in total. The highest BCUT2D eigenvalue weighted by molar-refractivity contribution is 7.89. The summed E-state index contributed by atoms with van der Waals surface area (Å²) in [6.45, 7) is 7.42. The number of fused-ring (bicyclic) bond motifs is 1. The number of likely N-dealkylation sites (N-methyl/N-ethyl adjacent to an activating group) is 1. The standard InChI is InChI=1S/C33H42F5N3O6S/c1-5-7-8-29(41(3)48(44,45)13-11-33(36,37)38)32(43)40-28(16-21-14-22(34)17-23(35)15-21)30(42)20-39-27-19-31(47-12-6-2)25-10-9-24(46-4)18-26(25)27/h5-6,9-10,14-15,17-18,27-31,39,42H,1-2,7-8,11-13,16,19-20H2,3-4H3,(H,40,43)/t27-,28-,29-,30+,31+/m0/s1. The Kier molecular flexibility index (Phi) is 14.1. The number of nitrogens with one attached hydrogen (secondary N) is 2. The van der Waals surface area contributed by atoms with Gasteiger partial charge in [-0.25, -0.2) is 17.2 Å². The molecule has 0 spiro atoms. The number of rotatable bonds is 19. The molecule has 0 saturated carbocycles. The van der Waals surface area contributed by atoms with Gasteiger partial charge in [-0.2, -0.15) is 17.5 Å². The quantitative estimate of drug-likeness (QED) is 0.141. The van der Waals surface area contributed by atoms with Gasteiger partial charge in [0.2, 0.25) is 15.9 Å². The van der Waals surface area contributed by atoms with Gasteiger partial charge in [0.25, 0.3) is 0 Å². The van der Waals surface area contributed by atoms with Gasteiger partial charge in [0.15, 0.2) is 0 Å². The van der Waals surface area contributed by atoms with Crippen LogP contribution in [0.25, 0.3) is 0 Å². The van der Waals surface area contributed by atoms with Crippen molar-refractivity contribution in [2.24, 2.45) is 0 Å². The molecule has 0 heterocycles. The van der Waals surface area contributed by atoms with Crippen LogP contribution in [0.2, 0.25) is 0 Å². The van der Waals surface area contributed by atoms with Crippen LogP contribution in [0.5, 0.6) is 5.75 Å². The third-order valence-electron chi connectivity index (χ3n) is 8.09. The van der Waals surface area contributed by atoms with Crippen LogP contribution in [-0.2, 0) is 26.0 Å². The Labute approximate surface area is 277 Å². The van der Waals surface area contributed by atoms with E-state index in [2.05, 4.69) is 23.8 Å². The molecule has 15 heteroatoms. The number of sulfonamides is 1. The Hall–Kier alpha value is -3.37. The Morgan fingerprint density at radius 1 is 1.12 bits per heavy atom. The van der Waals surface area contributed by atoms with E-state index >= 15 is 0 Å². The number of aliphatic hydroxyl groups is 1. The predicted octanol–water partition coefficient (Wildman–Crippen LogP) is 4.89. The van der Waals surface area contributed by atoms with E-state index < -0.39 is 64.1 Å². The molecule has 266 valence electrons. The number of nitrogens with zero attached hydrogens (tertiary/aromatic N) is 1. The molecule has 0 aromatic heterocycles. The zero-order chi connectivity index (χ0) is 35.6. The highest BCUT2D eigenvalue weighted by Crippen LogP contribution is 2.42. The van der Waals surface area contributed by atoms with Gasteiger partial charge in [0, 0.05) is 25.7 Å². The molecule has 0 radical (unpaired) electrons. The van der Waals surface area contributed by atoms with E-state index in [1.54, 1.807) is 12.1 Å². The second-order valence-corrected chi connectivity index (χ2v) is 13.7. The summed E-state index contributed by atoms with van der Waals surface area (Å²) in [6.07, 6.45) is -4.73. The Morgan fingerprint density at radius 3 is 2.42 bits per heavy atom. The normalized spacial score (nSPS) is 18.2. The van der Waals surface area contributed by atoms with E-state index in [0.29, 0.717) is 29.1 Å². The molecule has 0 aliphatic heterocycles. The molecule has 0 unspecified atom stereocenters. The zero-order valence-corrected chi connectivity index (χ0v) is 27.6. The number of methoxy groups -OCH3 is 1. The average Bonchev–Trinajstić information content (AvgIpc) is 3.37. The summed E-state index contributed by atoms with van der Waals surface area (Å²) in [6, 6.07) is 5.25. The number of hydrogen-bond donors (Lipinski definition) is 3. The maximum absolute atomic E-state index is 14.1. The van der Waals surface area contributed by atoms with Crippen LogP contribution in [0.1, 0.15) is 54.5 Å². The number of benzene rings is 2. The lowest BCUT2D eigenvalue weighted by Gasteiger charge is -2.31. The van der Waals surface area contributed by atoms with Crippen molar-refractivity contribution in [1.82, 2.24) is 14.9 Å². The molecule has 1 aliphatic rings. The van der Waals surface area contributed by atoms with Crippen molar-refractivity contribution < 1.29 is 49.7 Å². The summed E-state index contributed by atoms with van der Waals surface area (Å²) >= 11 is 0. The largest absolute Gasteiger partial charge is 0.497 e. The molecule has 0 bridgehead atoms. The molecule has 48 heavy (non-hydrogen) atoms. The molecule has 0 saturated heterocycles. The van der Waals surface area contributed by atoms with Crippen molar-refractivity contribution in [3.05, 3.63) is 90.0 Å². The van der Waals surface area contributed by atoms with E-state index in [9.17, 15) is 40.3 Å². The Balaban J connectivity index is 1.86. The van der Waals surface area contributed by atoms with Crippen LogP contribution in [0.15, 0.2) is 61.7 Å². The van der Waals surface area contributed by atoms with Gasteiger partial charge in [-0.1, -0.05) is 18.2 Å². The summed E-state index contributed by atoms with van der Waals surface area (Å²) in [5.41, 5.74) is 1.86. The second-order valence-electron chi connectivity index (χ2n) is 11.5. The van der Waals surface area contributed by atoms with Crippen molar-refractivity contribution in [1.29, 1.82) is 0 Å². The number of amides is 1. The first kappa shape index (κ1) is 39.1. The van der Waals surface area contributed by atoms with Gasteiger partial charge in [-0.15, -0.1) is 13.2 Å². The van der Waals surface area contributed by atoms with Gasteiger partial charge in [-0.05, 0) is 66.6 Å². The lowest BCUT2D eigenvalue weighted by atomic mass is 9.99. The van der Waals surface area contributed by atoms with Gasteiger partial charge in [-0.3, -0.25) is 4.79 Å². The SMILES string of the molecule is C=CCC[C@@H](C(=O)N[C@@H](Cc1cc(F)cc(F)c1)[C@H](O)CN[C@H]1C[C@@H](OCC=C)c2ccc(OC)cc21)N(C)S(=O)(=O)CCC(F)(F)F. The van der Waals surface area contributed by atoms with Crippen LogP contribution >= 0.6 is 0 Å². The predicted molar refractivity (Wildman–Crippen MR) is 171 cm³/mol. The molecule has 3 rings (SSSR count). The van der Waals surface area contributed by atoms with E-state index in [0.717, 1.165) is 30.3 Å². The van der Waals surface area contributed by atoms with Gasteiger partial charge in [0.05, 0.1) is 44.1 Å². The summed E-state index contributed by atoms with van der Waals surface area (Å²) in [5.74, 6) is -3.35. The summed E-state index contributed by atoms with van der Waals surface area (Å²) < 4.78 is 104. The monoisotopic (exact) mass is 703 g/mol. The molecule has 2 aromatic carbocycles. The summed E-state index contributed by atoms with van der Waals surface area (Å²) in [7, 11) is -2.02. The number of aliphatic hydroxyl groups excluding tert-OH is 1. The van der Waals surface area contributed by atoms with Gasteiger partial charge < -0.3 is 25.2 Å². The molecule has 1 aliphatic carbocycles. The van der Waals surface area contributed by atoms with Crippen molar-refractivity contribution in [3.63, 3.8) is 0 Å². The first-order valence-corrected chi connectivity index (χ1v) is 16.9. The molecule has 5 atom stereocenters. The van der Waals surface area contributed by atoms with Crippen molar-refractivity contribution >= 4 is 15.9 Å². The number of hydrogen-bond acceptors (Lipinski definition) is 7. The third kappa shape index (κ3) is 11.1. The number of allylic oxidation sites excluding steroid dienone is 1. The maximum atomic E-state index is 14.1. The average molecular weight is 704 g/mol. The number of ether oxygens (including phenoxy) is 2. The fourth-order valence-corrected chi connectivity index (χ4v) is 6.93. The minimum atomic E-state index is -4.74. The Bertz CT molecular complexity index is 1500. The van der Waals surface area contributed by atoms with E-state index in [1.165, 1.54) is 13.2 Å². The Morgan fingerprint density at radius 2 is 1.81 bits per heavy atom. The van der Waals surface area contributed by atoms with Crippen LogP contribution in [-0.4, -0.2) is 81.2 Å². The van der Waals surface area contributed by atoms with Crippen molar-refractivity contribution in [3.8, 4) is 5.75 Å². The fraction of sp³-hybridized carbons (Fsp3) is 0.485. The second kappa shape index (κ2) is 17.3.